The third kappa shape index (κ3) is 4.36. The standard InChI is InChI=1S/C23H20N2O4/c1-3-16-5-4-6-19-20(13-25-22(16)19)21(26)14-29-23(27)17(12-24)11-15-7-9-18(28-2)10-8-15/h4-11,13,25H,3,14H2,1-2H3. The van der Waals surface area contributed by atoms with Gasteiger partial charge in [0.15, 0.2) is 6.61 Å². The van der Waals surface area contributed by atoms with Gasteiger partial charge in [0, 0.05) is 22.7 Å². The quantitative estimate of drug-likeness (QED) is 0.285. The van der Waals surface area contributed by atoms with E-state index in [2.05, 4.69) is 4.98 Å². The second-order valence-corrected chi connectivity index (χ2v) is 6.34. The molecule has 0 fully saturated rings. The molecular formula is C23H20N2O4. The molecule has 0 saturated carbocycles. The molecule has 146 valence electrons. The fraction of sp³-hybridized carbons (Fsp3) is 0.174. The number of aromatic amines is 1. The van der Waals surface area contributed by atoms with Crippen LogP contribution in [0.15, 0.2) is 54.2 Å². The average molecular weight is 388 g/mol. The summed E-state index contributed by atoms with van der Waals surface area (Å²) in [5, 5.41) is 10.1. The van der Waals surface area contributed by atoms with Crippen LogP contribution in [-0.2, 0) is 16.0 Å². The first-order chi connectivity index (χ1) is 14.1. The molecule has 6 heteroatoms. The Labute approximate surface area is 168 Å². The van der Waals surface area contributed by atoms with E-state index >= 15 is 0 Å². The summed E-state index contributed by atoms with van der Waals surface area (Å²) in [4.78, 5) is 27.9. The Bertz CT molecular complexity index is 1120. The number of aryl methyl sites for hydroxylation is 1. The predicted molar refractivity (Wildman–Crippen MR) is 110 cm³/mol. The van der Waals surface area contributed by atoms with Crippen LogP contribution in [0.25, 0.3) is 17.0 Å². The van der Waals surface area contributed by atoms with Crippen molar-refractivity contribution in [2.24, 2.45) is 0 Å². The summed E-state index contributed by atoms with van der Waals surface area (Å²) in [7, 11) is 1.55. The molecule has 0 spiro atoms. The molecule has 0 saturated heterocycles. The highest BCUT2D eigenvalue weighted by molar-refractivity contribution is 6.10. The predicted octanol–water partition coefficient (Wildman–Crippen LogP) is 4.07. The Kier molecular flexibility index (Phi) is 6.10. The van der Waals surface area contributed by atoms with Gasteiger partial charge in [-0.15, -0.1) is 0 Å². The summed E-state index contributed by atoms with van der Waals surface area (Å²) in [6.07, 6.45) is 3.87. The minimum absolute atomic E-state index is 0.185. The van der Waals surface area contributed by atoms with Gasteiger partial charge in [-0.3, -0.25) is 4.79 Å². The minimum Gasteiger partial charge on any atom is -0.497 e. The number of H-pyrrole nitrogens is 1. The monoisotopic (exact) mass is 388 g/mol. The summed E-state index contributed by atoms with van der Waals surface area (Å²) in [6, 6.07) is 14.4. The van der Waals surface area contributed by atoms with Crippen LogP contribution in [0, 0.1) is 11.3 Å². The molecule has 0 aliphatic carbocycles. The highest BCUT2D eigenvalue weighted by Gasteiger charge is 2.17. The first kappa shape index (κ1) is 19.9. The van der Waals surface area contributed by atoms with Gasteiger partial charge in [0.2, 0.25) is 5.78 Å². The number of Topliss-reactive ketones (excluding diaryl/α,β-unsaturated/α-hetero) is 1. The number of ether oxygens (including phenoxy) is 2. The molecule has 1 aromatic heterocycles. The van der Waals surface area contributed by atoms with E-state index in [1.165, 1.54) is 6.08 Å². The van der Waals surface area contributed by atoms with Gasteiger partial charge in [-0.2, -0.15) is 5.26 Å². The number of benzene rings is 2. The normalized spacial score (nSPS) is 11.1. The number of rotatable bonds is 7. The number of nitrogens with zero attached hydrogens (tertiary/aromatic N) is 1. The third-order valence-electron chi connectivity index (χ3n) is 4.58. The van der Waals surface area contributed by atoms with E-state index in [1.807, 2.05) is 31.2 Å². The summed E-state index contributed by atoms with van der Waals surface area (Å²) in [5.74, 6) is -0.510. The fourth-order valence-electron chi connectivity index (χ4n) is 3.03. The summed E-state index contributed by atoms with van der Waals surface area (Å²) < 4.78 is 10.2. The zero-order valence-electron chi connectivity index (χ0n) is 16.2. The van der Waals surface area contributed by atoms with Crippen LogP contribution >= 0.6 is 0 Å². The van der Waals surface area contributed by atoms with Crippen molar-refractivity contribution in [2.45, 2.75) is 13.3 Å². The number of para-hydroxylation sites is 1. The Hall–Kier alpha value is -3.85. The number of esters is 1. The summed E-state index contributed by atoms with van der Waals surface area (Å²) in [6.45, 7) is 1.60. The van der Waals surface area contributed by atoms with Crippen LogP contribution < -0.4 is 4.74 Å². The lowest BCUT2D eigenvalue weighted by Crippen LogP contribution is -2.15. The first-order valence-electron chi connectivity index (χ1n) is 9.12. The molecule has 0 aliphatic heterocycles. The number of ketones is 1. The smallest absolute Gasteiger partial charge is 0.349 e. The van der Waals surface area contributed by atoms with E-state index in [-0.39, 0.29) is 11.4 Å². The van der Waals surface area contributed by atoms with E-state index in [0.29, 0.717) is 16.9 Å². The van der Waals surface area contributed by atoms with Crippen molar-refractivity contribution in [3.05, 3.63) is 70.9 Å². The number of carbonyl (C=O) groups is 2. The highest BCUT2D eigenvalue weighted by Crippen LogP contribution is 2.23. The zero-order valence-corrected chi connectivity index (χ0v) is 16.2. The van der Waals surface area contributed by atoms with Crippen molar-refractivity contribution >= 4 is 28.7 Å². The van der Waals surface area contributed by atoms with Crippen molar-refractivity contribution in [2.75, 3.05) is 13.7 Å². The molecule has 6 nitrogen and oxygen atoms in total. The van der Waals surface area contributed by atoms with E-state index in [0.717, 1.165) is 22.9 Å². The van der Waals surface area contributed by atoms with E-state index in [9.17, 15) is 14.9 Å². The lowest BCUT2D eigenvalue weighted by molar-refractivity contribution is -0.137. The van der Waals surface area contributed by atoms with Gasteiger partial charge in [-0.05, 0) is 35.8 Å². The maximum atomic E-state index is 12.6. The van der Waals surface area contributed by atoms with Crippen LogP contribution in [0.2, 0.25) is 0 Å². The molecule has 0 aliphatic rings. The molecule has 1 N–H and O–H groups in total. The van der Waals surface area contributed by atoms with Crippen molar-refractivity contribution in [3.8, 4) is 11.8 Å². The molecule has 0 atom stereocenters. The molecule has 3 aromatic rings. The molecule has 0 radical (unpaired) electrons. The maximum Gasteiger partial charge on any atom is 0.349 e. The van der Waals surface area contributed by atoms with Gasteiger partial charge in [0.25, 0.3) is 0 Å². The average Bonchev–Trinajstić information content (AvgIpc) is 3.20. The van der Waals surface area contributed by atoms with Gasteiger partial charge < -0.3 is 14.5 Å². The Balaban J connectivity index is 1.71. The second kappa shape index (κ2) is 8.89. The summed E-state index contributed by atoms with van der Waals surface area (Å²) >= 11 is 0. The highest BCUT2D eigenvalue weighted by atomic mass is 16.5. The Morgan fingerprint density at radius 3 is 2.59 bits per heavy atom. The van der Waals surface area contributed by atoms with Gasteiger partial charge in [-0.25, -0.2) is 4.79 Å². The van der Waals surface area contributed by atoms with Crippen LogP contribution in [-0.4, -0.2) is 30.5 Å². The molecule has 0 amide bonds. The SMILES string of the molecule is CCc1cccc2c(C(=O)COC(=O)C(C#N)=Cc3ccc(OC)cc3)c[nH]c12. The van der Waals surface area contributed by atoms with E-state index in [4.69, 9.17) is 9.47 Å². The van der Waals surface area contributed by atoms with Gasteiger partial charge in [-0.1, -0.05) is 37.3 Å². The number of methoxy groups -OCH3 is 1. The molecule has 0 unspecified atom stereocenters. The number of nitriles is 1. The van der Waals surface area contributed by atoms with Gasteiger partial charge >= 0.3 is 5.97 Å². The minimum atomic E-state index is -0.842. The lowest BCUT2D eigenvalue weighted by atomic mass is 10.1. The number of nitrogens with one attached hydrogen (secondary N) is 1. The molecule has 0 bridgehead atoms. The molecule has 1 heterocycles. The Morgan fingerprint density at radius 1 is 1.17 bits per heavy atom. The number of carbonyl (C=O) groups excluding carboxylic acids is 2. The number of hydrogen-bond acceptors (Lipinski definition) is 5. The number of fused-ring (bicyclic) bond motifs is 1. The lowest BCUT2D eigenvalue weighted by Gasteiger charge is -2.04. The van der Waals surface area contributed by atoms with Crippen LogP contribution in [0.3, 0.4) is 0 Å². The maximum absolute atomic E-state index is 12.6. The molecule has 29 heavy (non-hydrogen) atoms. The number of hydrogen-bond donors (Lipinski definition) is 1. The van der Waals surface area contributed by atoms with Gasteiger partial charge in [0.1, 0.15) is 17.4 Å². The van der Waals surface area contributed by atoms with E-state index < -0.39 is 12.6 Å². The second-order valence-electron chi connectivity index (χ2n) is 6.34. The van der Waals surface area contributed by atoms with E-state index in [1.54, 1.807) is 37.6 Å². The molecule has 2 aromatic carbocycles. The van der Waals surface area contributed by atoms with Crippen molar-refractivity contribution in [1.82, 2.24) is 4.98 Å². The van der Waals surface area contributed by atoms with Crippen LogP contribution in [0.4, 0.5) is 0 Å². The fourth-order valence-corrected chi connectivity index (χ4v) is 3.03. The van der Waals surface area contributed by atoms with Crippen LogP contribution in [0.5, 0.6) is 5.75 Å². The zero-order chi connectivity index (χ0) is 20.8. The molecule has 3 rings (SSSR count). The summed E-state index contributed by atoms with van der Waals surface area (Å²) in [5.41, 5.74) is 2.93. The first-order valence-corrected chi connectivity index (χ1v) is 9.12. The van der Waals surface area contributed by atoms with Crippen molar-refractivity contribution in [1.29, 1.82) is 5.26 Å². The van der Waals surface area contributed by atoms with Gasteiger partial charge in [0.05, 0.1) is 7.11 Å². The third-order valence-corrected chi connectivity index (χ3v) is 4.58. The topological polar surface area (TPSA) is 92.2 Å². The number of aromatic nitrogens is 1. The van der Waals surface area contributed by atoms with Crippen LogP contribution in [0.1, 0.15) is 28.4 Å². The van der Waals surface area contributed by atoms with Crippen molar-refractivity contribution in [3.63, 3.8) is 0 Å². The largest absolute Gasteiger partial charge is 0.497 e. The molecular weight excluding hydrogens is 368 g/mol. The van der Waals surface area contributed by atoms with Crippen molar-refractivity contribution < 1.29 is 19.1 Å². The Morgan fingerprint density at radius 2 is 1.93 bits per heavy atom.